The van der Waals surface area contributed by atoms with Crippen molar-refractivity contribution in [2.45, 2.75) is 32.4 Å². The van der Waals surface area contributed by atoms with Gasteiger partial charge in [-0.3, -0.25) is 0 Å². The van der Waals surface area contributed by atoms with Gasteiger partial charge in [-0.25, -0.2) is 9.78 Å². The van der Waals surface area contributed by atoms with E-state index in [4.69, 9.17) is 9.47 Å². The molecule has 2 heterocycles. The average Bonchev–Trinajstić information content (AvgIpc) is 2.52. The number of nitrogens with zero attached hydrogens (tertiary/aromatic N) is 3. The number of carbonyl (C=O) groups is 1. The summed E-state index contributed by atoms with van der Waals surface area (Å²) in [5, 5.41) is 6.52. The highest BCUT2D eigenvalue weighted by Crippen LogP contribution is 2.12. The van der Waals surface area contributed by atoms with Crippen LogP contribution in [0.3, 0.4) is 0 Å². The van der Waals surface area contributed by atoms with Gasteiger partial charge < -0.3 is 25.0 Å². The molecular formula is C15H25N5O3. The Balaban J connectivity index is 1.85. The van der Waals surface area contributed by atoms with Crippen molar-refractivity contribution < 1.29 is 14.3 Å². The zero-order chi connectivity index (χ0) is 16.9. The van der Waals surface area contributed by atoms with Crippen LogP contribution >= 0.6 is 0 Å². The zero-order valence-electron chi connectivity index (χ0n) is 14.1. The van der Waals surface area contributed by atoms with Gasteiger partial charge in [0.05, 0.1) is 7.11 Å². The summed E-state index contributed by atoms with van der Waals surface area (Å²) in [5.41, 5.74) is -0.482. The Morgan fingerprint density at radius 3 is 3.00 bits per heavy atom. The fourth-order valence-electron chi connectivity index (χ4n) is 2.21. The minimum Gasteiger partial charge on any atom is -0.481 e. The van der Waals surface area contributed by atoms with Crippen molar-refractivity contribution in [2.24, 2.45) is 0 Å². The van der Waals surface area contributed by atoms with Gasteiger partial charge in [-0.2, -0.15) is 4.98 Å². The number of piperazine rings is 1. The summed E-state index contributed by atoms with van der Waals surface area (Å²) in [5.74, 6) is 1.01. The van der Waals surface area contributed by atoms with Crippen molar-refractivity contribution >= 4 is 12.0 Å². The second kappa shape index (κ2) is 7.45. The fourth-order valence-corrected chi connectivity index (χ4v) is 2.21. The van der Waals surface area contributed by atoms with Crippen LogP contribution in [0.1, 0.15) is 20.8 Å². The summed E-state index contributed by atoms with van der Waals surface area (Å²) in [6.07, 6.45) is 1.36. The molecule has 2 rings (SSSR count). The van der Waals surface area contributed by atoms with Crippen LogP contribution in [0.15, 0.2) is 12.3 Å². The van der Waals surface area contributed by atoms with Gasteiger partial charge in [-0.1, -0.05) is 0 Å². The number of hydrogen-bond acceptors (Lipinski definition) is 7. The number of hydrogen-bond donors (Lipinski definition) is 2. The predicted octanol–water partition coefficient (Wildman–Crippen LogP) is 1.11. The van der Waals surface area contributed by atoms with E-state index in [1.165, 1.54) is 0 Å². The van der Waals surface area contributed by atoms with Crippen molar-refractivity contribution in [2.75, 3.05) is 38.6 Å². The lowest BCUT2D eigenvalue weighted by Crippen LogP contribution is -2.55. The van der Waals surface area contributed by atoms with E-state index in [9.17, 15) is 4.79 Å². The van der Waals surface area contributed by atoms with E-state index in [1.54, 1.807) is 24.3 Å². The highest BCUT2D eigenvalue weighted by Gasteiger charge is 2.27. The molecule has 1 unspecified atom stereocenters. The highest BCUT2D eigenvalue weighted by atomic mass is 16.6. The van der Waals surface area contributed by atoms with Crippen LogP contribution in [0.5, 0.6) is 5.88 Å². The molecule has 0 radical (unpaired) electrons. The molecule has 1 amide bonds. The number of methoxy groups -OCH3 is 1. The minimum absolute atomic E-state index is 0.103. The molecule has 0 saturated carbocycles. The van der Waals surface area contributed by atoms with E-state index in [0.29, 0.717) is 31.5 Å². The van der Waals surface area contributed by atoms with E-state index in [2.05, 4.69) is 20.6 Å². The van der Waals surface area contributed by atoms with Crippen LogP contribution in [-0.2, 0) is 4.74 Å². The van der Waals surface area contributed by atoms with E-state index in [-0.39, 0.29) is 12.1 Å². The molecule has 8 heteroatoms. The van der Waals surface area contributed by atoms with Crippen LogP contribution in [0.25, 0.3) is 0 Å². The normalized spacial score (nSPS) is 18.4. The molecule has 0 aliphatic carbocycles. The van der Waals surface area contributed by atoms with Crippen molar-refractivity contribution in [3.05, 3.63) is 12.3 Å². The number of anilines is 1. The van der Waals surface area contributed by atoms with Crippen molar-refractivity contribution in [3.8, 4) is 5.88 Å². The maximum atomic E-state index is 12.1. The average molecular weight is 323 g/mol. The number of amides is 1. The number of ether oxygens (including phenoxy) is 2. The van der Waals surface area contributed by atoms with Gasteiger partial charge in [0.25, 0.3) is 0 Å². The predicted molar refractivity (Wildman–Crippen MR) is 86.7 cm³/mol. The Morgan fingerprint density at radius 1 is 1.52 bits per heavy atom. The van der Waals surface area contributed by atoms with Crippen LogP contribution in [0.4, 0.5) is 10.7 Å². The van der Waals surface area contributed by atoms with Gasteiger partial charge in [0, 0.05) is 44.5 Å². The Morgan fingerprint density at radius 2 is 2.30 bits per heavy atom. The summed E-state index contributed by atoms with van der Waals surface area (Å²) in [4.78, 5) is 22.2. The molecule has 0 spiro atoms. The van der Waals surface area contributed by atoms with Crippen LogP contribution < -0.4 is 15.4 Å². The highest BCUT2D eigenvalue weighted by molar-refractivity contribution is 5.68. The molecule has 1 aliphatic rings. The molecule has 1 saturated heterocycles. The summed E-state index contributed by atoms with van der Waals surface area (Å²) >= 11 is 0. The third kappa shape index (κ3) is 5.55. The second-order valence-electron chi connectivity index (χ2n) is 6.38. The molecule has 128 valence electrons. The van der Waals surface area contributed by atoms with Crippen molar-refractivity contribution in [3.63, 3.8) is 0 Å². The van der Waals surface area contributed by atoms with Gasteiger partial charge in [0.15, 0.2) is 0 Å². The number of nitrogens with one attached hydrogen (secondary N) is 2. The van der Waals surface area contributed by atoms with Gasteiger partial charge in [-0.15, -0.1) is 0 Å². The van der Waals surface area contributed by atoms with Crippen LogP contribution in [0, 0.1) is 0 Å². The first-order valence-corrected chi connectivity index (χ1v) is 7.69. The maximum Gasteiger partial charge on any atom is 0.410 e. The van der Waals surface area contributed by atoms with Gasteiger partial charge >= 0.3 is 6.09 Å². The lowest BCUT2D eigenvalue weighted by atomic mass is 10.2. The summed E-state index contributed by atoms with van der Waals surface area (Å²) in [7, 11) is 1.56. The van der Waals surface area contributed by atoms with E-state index in [0.717, 1.165) is 6.54 Å². The smallest absolute Gasteiger partial charge is 0.410 e. The van der Waals surface area contributed by atoms with Crippen molar-refractivity contribution in [1.82, 2.24) is 20.2 Å². The lowest BCUT2D eigenvalue weighted by Gasteiger charge is -2.34. The summed E-state index contributed by atoms with van der Waals surface area (Å²) in [6.45, 7) is 8.15. The molecule has 1 atom stereocenters. The van der Waals surface area contributed by atoms with Gasteiger partial charge in [0.2, 0.25) is 11.8 Å². The minimum atomic E-state index is -0.482. The van der Waals surface area contributed by atoms with Gasteiger partial charge in [0.1, 0.15) is 5.60 Å². The monoisotopic (exact) mass is 323 g/mol. The zero-order valence-corrected chi connectivity index (χ0v) is 14.1. The molecule has 1 fully saturated rings. The van der Waals surface area contributed by atoms with Crippen LogP contribution in [0.2, 0.25) is 0 Å². The van der Waals surface area contributed by atoms with Gasteiger partial charge in [-0.05, 0) is 20.8 Å². The number of aromatic nitrogens is 2. The first kappa shape index (κ1) is 17.3. The second-order valence-corrected chi connectivity index (χ2v) is 6.38. The molecule has 0 bridgehead atoms. The summed E-state index contributed by atoms with van der Waals surface area (Å²) in [6, 6.07) is 1.79. The molecule has 0 aromatic carbocycles. The molecule has 23 heavy (non-hydrogen) atoms. The first-order chi connectivity index (χ1) is 10.9. The Labute approximate surface area is 136 Å². The third-order valence-electron chi connectivity index (χ3n) is 3.25. The van der Waals surface area contributed by atoms with Crippen LogP contribution in [-0.4, -0.2) is 65.9 Å². The topological polar surface area (TPSA) is 88.6 Å². The molecule has 1 aromatic heterocycles. The largest absolute Gasteiger partial charge is 0.481 e. The maximum absolute atomic E-state index is 12.1. The number of rotatable bonds is 4. The summed E-state index contributed by atoms with van der Waals surface area (Å²) < 4.78 is 10.5. The first-order valence-electron chi connectivity index (χ1n) is 7.69. The van der Waals surface area contributed by atoms with E-state index in [1.807, 2.05) is 20.8 Å². The molecule has 1 aliphatic heterocycles. The lowest BCUT2D eigenvalue weighted by molar-refractivity contribution is 0.0200. The Bertz CT molecular complexity index is 532. The molecule has 8 nitrogen and oxygen atoms in total. The number of carbonyl (C=O) groups excluding carboxylic acids is 1. The molecule has 2 N–H and O–H groups in total. The fraction of sp³-hybridized carbons (Fsp3) is 0.667. The van der Waals surface area contributed by atoms with E-state index < -0.39 is 5.60 Å². The SMILES string of the molecule is COc1ccnc(NCC2CN(C(=O)OC(C)(C)C)CCN2)n1. The third-order valence-corrected chi connectivity index (χ3v) is 3.25. The Kier molecular flexibility index (Phi) is 5.59. The quantitative estimate of drug-likeness (QED) is 0.858. The van der Waals surface area contributed by atoms with Crippen molar-refractivity contribution in [1.29, 1.82) is 0 Å². The molecule has 1 aromatic rings. The standard InChI is InChI=1S/C15H25N5O3/c1-15(2,3)23-14(21)20-8-7-16-11(10-20)9-18-13-17-6-5-12(19-13)22-4/h5-6,11,16H,7-10H2,1-4H3,(H,17,18,19). The molecular weight excluding hydrogens is 298 g/mol. The Hall–Kier alpha value is -2.09. The van der Waals surface area contributed by atoms with E-state index >= 15 is 0 Å².